The van der Waals surface area contributed by atoms with Gasteiger partial charge in [0.2, 0.25) is 0 Å². The molecule has 4 rings (SSSR count). The number of non-ortho nitro benzene ring substituents is 1. The molecule has 1 fully saturated rings. The zero-order valence-electron chi connectivity index (χ0n) is 19.9. The van der Waals surface area contributed by atoms with Gasteiger partial charge in [-0.1, -0.05) is 18.2 Å². The summed E-state index contributed by atoms with van der Waals surface area (Å²) >= 11 is 0.898. The van der Waals surface area contributed by atoms with E-state index in [0.717, 1.165) is 39.9 Å². The van der Waals surface area contributed by atoms with E-state index in [1.165, 1.54) is 23.4 Å². The molecule has 0 bridgehead atoms. The first-order valence-corrected chi connectivity index (χ1v) is 11.9. The lowest BCUT2D eigenvalue weighted by molar-refractivity contribution is -0.384. The van der Waals surface area contributed by atoms with Crippen molar-refractivity contribution in [3.05, 3.63) is 79.7 Å². The van der Waals surface area contributed by atoms with Crippen LogP contribution in [0.2, 0.25) is 0 Å². The number of imide groups is 1. The normalized spacial score (nSPS) is 18.4. The van der Waals surface area contributed by atoms with E-state index in [9.17, 15) is 19.7 Å². The monoisotopic (exact) mass is 477 g/mol. The lowest BCUT2D eigenvalue weighted by Crippen LogP contribution is -2.44. The summed E-state index contributed by atoms with van der Waals surface area (Å²) in [7, 11) is 0. The fourth-order valence-corrected chi connectivity index (χ4v) is 5.54. The molecule has 0 N–H and O–H groups in total. The third kappa shape index (κ3) is 4.25. The molecule has 2 heterocycles. The molecule has 2 aliphatic heterocycles. The fourth-order valence-electron chi connectivity index (χ4n) is 4.71. The maximum atomic E-state index is 13.1. The minimum absolute atomic E-state index is 0.00472. The highest BCUT2D eigenvalue weighted by atomic mass is 32.2. The Balaban J connectivity index is 1.65. The highest BCUT2D eigenvalue weighted by molar-refractivity contribution is 8.18. The summed E-state index contributed by atoms with van der Waals surface area (Å²) in [6.45, 7) is 11.5. The predicted molar refractivity (Wildman–Crippen MR) is 137 cm³/mol. The Labute approximate surface area is 203 Å². The molecule has 0 aliphatic carbocycles. The molecule has 0 atom stereocenters. The summed E-state index contributed by atoms with van der Waals surface area (Å²) in [6.07, 6.45) is 4.03. The second-order valence-corrected chi connectivity index (χ2v) is 10.1. The van der Waals surface area contributed by atoms with Gasteiger partial charge in [-0.2, -0.15) is 0 Å². The van der Waals surface area contributed by atoms with Crippen molar-refractivity contribution < 1.29 is 14.5 Å². The molecular formula is C26H27N3O4S. The van der Waals surface area contributed by atoms with Crippen LogP contribution in [0.25, 0.3) is 11.6 Å². The number of carbonyl (C=O) groups is 2. The minimum atomic E-state index is -0.493. The van der Waals surface area contributed by atoms with Crippen LogP contribution >= 0.6 is 11.8 Å². The van der Waals surface area contributed by atoms with Crippen LogP contribution < -0.4 is 4.90 Å². The Morgan fingerprint density at radius 3 is 2.56 bits per heavy atom. The summed E-state index contributed by atoms with van der Waals surface area (Å²) in [5.41, 5.74) is 5.75. The number of nitrogens with zero attached hydrogens (tertiary/aromatic N) is 3. The highest BCUT2D eigenvalue weighted by Gasteiger charge is 2.36. The van der Waals surface area contributed by atoms with Gasteiger partial charge in [0.25, 0.3) is 16.8 Å². The Morgan fingerprint density at radius 2 is 1.88 bits per heavy atom. The van der Waals surface area contributed by atoms with Gasteiger partial charge < -0.3 is 4.90 Å². The molecule has 0 radical (unpaired) electrons. The van der Waals surface area contributed by atoms with Crippen LogP contribution in [0.15, 0.2) is 47.4 Å². The topological polar surface area (TPSA) is 83.8 Å². The second kappa shape index (κ2) is 8.76. The number of nitro groups is 1. The van der Waals surface area contributed by atoms with E-state index < -0.39 is 4.92 Å². The molecule has 1 saturated heterocycles. The Bertz CT molecular complexity index is 1280. The quantitative estimate of drug-likeness (QED) is 0.291. The van der Waals surface area contributed by atoms with Gasteiger partial charge in [0, 0.05) is 29.9 Å². The van der Waals surface area contributed by atoms with Gasteiger partial charge in [-0.25, -0.2) is 0 Å². The molecule has 2 aromatic rings. The summed E-state index contributed by atoms with van der Waals surface area (Å²) in [4.78, 5) is 40.1. The van der Waals surface area contributed by atoms with Crippen molar-refractivity contribution in [2.45, 2.75) is 46.7 Å². The van der Waals surface area contributed by atoms with Gasteiger partial charge in [0.05, 0.1) is 21.9 Å². The van der Waals surface area contributed by atoms with Crippen LogP contribution in [0, 0.1) is 17.0 Å². The van der Waals surface area contributed by atoms with Gasteiger partial charge >= 0.3 is 0 Å². The van der Waals surface area contributed by atoms with E-state index >= 15 is 0 Å². The number of hydrogen-bond acceptors (Lipinski definition) is 6. The zero-order chi connectivity index (χ0) is 24.8. The SMILES string of the molecule is CCN1c2cc(C)c(/C=C3/SC(=O)N(Cc4cccc([N+](=O)[O-])c4)C3=O)cc2C(C)=CC1(C)C. The maximum Gasteiger partial charge on any atom is 0.293 e. The van der Waals surface area contributed by atoms with Crippen molar-refractivity contribution in [3.8, 4) is 0 Å². The van der Waals surface area contributed by atoms with Crippen molar-refractivity contribution >= 4 is 45.9 Å². The number of amides is 2. The number of allylic oxidation sites excluding steroid dienone is 1. The number of hydrogen-bond donors (Lipinski definition) is 0. The van der Waals surface area contributed by atoms with Crippen LogP contribution in [-0.2, 0) is 11.3 Å². The van der Waals surface area contributed by atoms with Crippen LogP contribution in [0.4, 0.5) is 16.2 Å². The van der Waals surface area contributed by atoms with Gasteiger partial charge in [0.1, 0.15) is 0 Å². The first-order valence-electron chi connectivity index (χ1n) is 11.1. The molecular weight excluding hydrogens is 450 g/mol. The molecule has 176 valence electrons. The van der Waals surface area contributed by atoms with Crippen molar-refractivity contribution in [2.75, 3.05) is 11.4 Å². The van der Waals surface area contributed by atoms with Gasteiger partial charge in [-0.3, -0.25) is 24.6 Å². The van der Waals surface area contributed by atoms with Gasteiger partial charge in [0.15, 0.2) is 0 Å². The lowest BCUT2D eigenvalue weighted by atomic mass is 9.87. The van der Waals surface area contributed by atoms with E-state index in [0.29, 0.717) is 10.5 Å². The predicted octanol–water partition coefficient (Wildman–Crippen LogP) is 6.16. The van der Waals surface area contributed by atoms with Crippen molar-refractivity contribution in [1.82, 2.24) is 4.90 Å². The molecule has 0 spiro atoms. The van der Waals surface area contributed by atoms with Crippen molar-refractivity contribution in [1.29, 1.82) is 0 Å². The van der Waals surface area contributed by atoms with E-state index in [-0.39, 0.29) is 28.9 Å². The number of rotatable bonds is 5. The number of benzene rings is 2. The molecule has 0 saturated carbocycles. The van der Waals surface area contributed by atoms with E-state index in [1.54, 1.807) is 18.2 Å². The van der Waals surface area contributed by atoms with Crippen LogP contribution in [0.1, 0.15) is 49.9 Å². The lowest BCUT2D eigenvalue weighted by Gasteiger charge is -2.43. The molecule has 2 aliphatic rings. The van der Waals surface area contributed by atoms with Crippen LogP contribution in [-0.4, -0.2) is 33.1 Å². The van der Waals surface area contributed by atoms with Crippen LogP contribution in [0.3, 0.4) is 0 Å². The van der Waals surface area contributed by atoms with Crippen LogP contribution in [0.5, 0.6) is 0 Å². The molecule has 0 aromatic heterocycles. The standard InChI is InChI=1S/C26H27N3O4S/c1-6-28-22-10-16(2)19(12-21(22)17(3)14-26(28,4)5)13-23-24(30)27(25(31)34-23)15-18-8-7-9-20(11-18)29(32)33/h7-14H,6,15H2,1-5H3/b23-13+. The summed E-state index contributed by atoms with van der Waals surface area (Å²) in [5.74, 6) is -0.387. The smallest absolute Gasteiger partial charge is 0.293 e. The summed E-state index contributed by atoms with van der Waals surface area (Å²) in [5, 5.41) is 10.7. The molecule has 2 aromatic carbocycles. The third-order valence-corrected chi connectivity index (χ3v) is 7.21. The van der Waals surface area contributed by atoms with E-state index in [4.69, 9.17) is 0 Å². The number of likely N-dealkylation sites (N-methyl/N-ethyl adjacent to an activating group) is 1. The third-order valence-electron chi connectivity index (χ3n) is 6.30. The zero-order valence-corrected chi connectivity index (χ0v) is 20.7. The number of carbonyl (C=O) groups excluding carboxylic acids is 2. The average Bonchev–Trinajstić information content (AvgIpc) is 3.02. The van der Waals surface area contributed by atoms with Gasteiger partial charge in [-0.05, 0) is 86.9 Å². The molecule has 34 heavy (non-hydrogen) atoms. The first kappa shape index (κ1) is 23.8. The van der Waals surface area contributed by atoms with Crippen molar-refractivity contribution in [2.24, 2.45) is 0 Å². The Hall–Kier alpha value is -3.39. The number of aryl methyl sites for hydroxylation is 1. The Kier molecular flexibility index (Phi) is 6.12. The first-order chi connectivity index (χ1) is 16.0. The maximum absolute atomic E-state index is 13.1. The number of anilines is 1. The highest BCUT2D eigenvalue weighted by Crippen LogP contribution is 2.41. The minimum Gasteiger partial charge on any atom is -0.363 e. The second-order valence-electron chi connectivity index (χ2n) is 9.15. The number of thioether (sulfide) groups is 1. The summed E-state index contributed by atoms with van der Waals surface area (Å²) in [6, 6.07) is 10.2. The molecule has 2 amide bonds. The average molecular weight is 478 g/mol. The molecule has 0 unspecified atom stereocenters. The molecule has 8 heteroatoms. The summed E-state index contributed by atoms with van der Waals surface area (Å²) < 4.78 is 0. The van der Waals surface area contributed by atoms with Gasteiger partial charge in [-0.15, -0.1) is 0 Å². The fraction of sp³-hybridized carbons (Fsp3) is 0.308. The Morgan fingerprint density at radius 1 is 1.15 bits per heavy atom. The van der Waals surface area contributed by atoms with E-state index in [2.05, 4.69) is 50.8 Å². The number of nitro benzene ring substituents is 1. The van der Waals surface area contributed by atoms with E-state index in [1.807, 2.05) is 6.92 Å². The largest absolute Gasteiger partial charge is 0.363 e. The number of fused-ring (bicyclic) bond motifs is 1. The molecule has 7 nitrogen and oxygen atoms in total. The van der Waals surface area contributed by atoms with Crippen molar-refractivity contribution in [3.63, 3.8) is 0 Å².